The summed E-state index contributed by atoms with van der Waals surface area (Å²) in [5.41, 5.74) is 5.24. The van der Waals surface area contributed by atoms with Gasteiger partial charge in [-0.2, -0.15) is 5.10 Å². The second-order valence-corrected chi connectivity index (χ2v) is 10.1. The number of rotatable bonds is 8. The molecule has 0 unspecified atom stereocenters. The molecule has 0 saturated heterocycles. The molecule has 1 N–H and O–H groups in total. The van der Waals surface area contributed by atoms with Crippen molar-refractivity contribution in [3.05, 3.63) is 87.9 Å². The van der Waals surface area contributed by atoms with Gasteiger partial charge in [0.15, 0.2) is 0 Å². The summed E-state index contributed by atoms with van der Waals surface area (Å²) < 4.78 is 34.0. The number of anilines is 1. The Balaban J connectivity index is 1.87. The monoisotopic (exact) mass is 529 g/mol. The number of hydrogen-bond donors (Lipinski definition) is 1. The first kappa shape index (κ1) is 24.5. The summed E-state index contributed by atoms with van der Waals surface area (Å²) in [7, 11) is -2.44. The van der Waals surface area contributed by atoms with Crippen LogP contribution in [-0.4, -0.2) is 34.2 Å². The number of carbonyl (C=O) groups is 1. The molecular weight excluding hydrogens is 506 g/mol. The molecule has 0 aliphatic rings. The molecule has 3 aromatic rings. The van der Waals surface area contributed by atoms with Gasteiger partial charge in [0.25, 0.3) is 15.9 Å². The smallest absolute Gasteiger partial charge is 0.264 e. The molecule has 0 bridgehead atoms. The minimum absolute atomic E-state index is 0.0966. The number of nitrogens with zero attached hydrogens (tertiary/aromatic N) is 2. The van der Waals surface area contributed by atoms with Crippen LogP contribution in [-0.2, 0) is 14.8 Å². The molecule has 3 aromatic carbocycles. The Morgan fingerprint density at radius 1 is 1.06 bits per heavy atom. The van der Waals surface area contributed by atoms with E-state index in [1.165, 1.54) is 25.5 Å². The van der Waals surface area contributed by atoms with Crippen LogP contribution in [0.15, 0.2) is 81.2 Å². The summed E-state index contributed by atoms with van der Waals surface area (Å²) in [6.07, 6.45) is 1.44. The van der Waals surface area contributed by atoms with E-state index in [2.05, 4.69) is 26.5 Å². The molecule has 0 aliphatic carbocycles. The van der Waals surface area contributed by atoms with Gasteiger partial charge in [-0.15, -0.1) is 0 Å². The maximum atomic E-state index is 13.4. The highest BCUT2D eigenvalue weighted by Gasteiger charge is 2.27. The van der Waals surface area contributed by atoms with Crippen molar-refractivity contribution in [1.82, 2.24) is 5.43 Å². The average molecular weight is 530 g/mol. The van der Waals surface area contributed by atoms with E-state index < -0.39 is 22.5 Å². The van der Waals surface area contributed by atoms with E-state index in [0.29, 0.717) is 17.0 Å². The number of carbonyl (C=O) groups excluding carboxylic acids is 1. The molecule has 172 valence electrons. The molecule has 7 nitrogen and oxygen atoms in total. The van der Waals surface area contributed by atoms with Crippen LogP contribution in [0.1, 0.15) is 16.7 Å². The quantitative estimate of drug-likeness (QED) is 0.345. The van der Waals surface area contributed by atoms with Gasteiger partial charge in [-0.25, -0.2) is 13.8 Å². The highest BCUT2D eigenvalue weighted by molar-refractivity contribution is 9.10. The van der Waals surface area contributed by atoms with Crippen molar-refractivity contribution in [1.29, 1.82) is 0 Å². The van der Waals surface area contributed by atoms with Gasteiger partial charge >= 0.3 is 0 Å². The molecule has 0 atom stereocenters. The number of aryl methyl sites for hydroxylation is 2. The number of hydrogen-bond acceptors (Lipinski definition) is 5. The first-order valence-electron chi connectivity index (χ1n) is 10.0. The van der Waals surface area contributed by atoms with E-state index in [9.17, 15) is 13.2 Å². The van der Waals surface area contributed by atoms with Gasteiger partial charge in [-0.1, -0.05) is 40.2 Å². The highest BCUT2D eigenvalue weighted by atomic mass is 79.9. The largest absolute Gasteiger partial charge is 0.496 e. The van der Waals surface area contributed by atoms with Gasteiger partial charge < -0.3 is 4.74 Å². The third-order valence-corrected chi connectivity index (χ3v) is 6.98. The molecule has 0 aliphatic heterocycles. The molecule has 1 amide bonds. The first-order chi connectivity index (χ1) is 15.7. The number of sulfonamides is 1. The van der Waals surface area contributed by atoms with Crippen molar-refractivity contribution < 1.29 is 17.9 Å². The van der Waals surface area contributed by atoms with Crippen LogP contribution in [0.5, 0.6) is 5.75 Å². The number of hydrazone groups is 1. The Kier molecular flexibility index (Phi) is 7.88. The van der Waals surface area contributed by atoms with Crippen LogP contribution in [0.4, 0.5) is 5.69 Å². The number of nitrogens with one attached hydrogen (secondary N) is 1. The summed E-state index contributed by atoms with van der Waals surface area (Å²) in [6.45, 7) is 3.31. The summed E-state index contributed by atoms with van der Waals surface area (Å²) in [5, 5.41) is 3.98. The van der Waals surface area contributed by atoms with Crippen LogP contribution in [0, 0.1) is 13.8 Å². The fraction of sp³-hybridized carbons (Fsp3) is 0.167. The second kappa shape index (κ2) is 10.6. The molecule has 0 heterocycles. The SMILES string of the molecule is COc1ccc(Br)cc1/C=N\NC(=O)CN(c1cc(C)cc(C)c1)S(=O)(=O)c1ccccc1. The normalized spacial score (nSPS) is 11.4. The van der Waals surface area contributed by atoms with Gasteiger partial charge in [0.05, 0.1) is 23.9 Å². The van der Waals surface area contributed by atoms with Crippen LogP contribution in [0.2, 0.25) is 0 Å². The maximum Gasteiger partial charge on any atom is 0.264 e. The van der Waals surface area contributed by atoms with E-state index in [1.54, 1.807) is 42.5 Å². The molecule has 0 saturated carbocycles. The fourth-order valence-electron chi connectivity index (χ4n) is 3.28. The molecule has 3 rings (SSSR count). The number of benzene rings is 3. The Labute approximate surface area is 202 Å². The molecule has 0 fully saturated rings. The topological polar surface area (TPSA) is 88.1 Å². The number of ether oxygens (including phenoxy) is 1. The van der Waals surface area contributed by atoms with E-state index in [-0.39, 0.29) is 4.90 Å². The molecule has 9 heteroatoms. The average Bonchev–Trinajstić information content (AvgIpc) is 2.77. The third-order valence-electron chi connectivity index (χ3n) is 4.70. The van der Waals surface area contributed by atoms with Crippen LogP contribution >= 0.6 is 15.9 Å². The van der Waals surface area contributed by atoms with Gasteiger partial charge in [0, 0.05) is 10.0 Å². The minimum atomic E-state index is -3.98. The predicted octanol–water partition coefficient (Wildman–Crippen LogP) is 4.42. The van der Waals surface area contributed by atoms with E-state index in [1.807, 2.05) is 26.0 Å². The molecule has 33 heavy (non-hydrogen) atoms. The number of amides is 1. The Morgan fingerprint density at radius 2 is 1.73 bits per heavy atom. The van der Waals surface area contributed by atoms with Crippen molar-refractivity contribution >= 4 is 43.8 Å². The lowest BCUT2D eigenvalue weighted by molar-refractivity contribution is -0.119. The zero-order valence-electron chi connectivity index (χ0n) is 18.4. The lowest BCUT2D eigenvalue weighted by Crippen LogP contribution is -2.39. The van der Waals surface area contributed by atoms with Crippen molar-refractivity contribution in [2.45, 2.75) is 18.7 Å². The number of methoxy groups -OCH3 is 1. The van der Waals surface area contributed by atoms with Gasteiger partial charge in [-0.05, 0) is 67.4 Å². The van der Waals surface area contributed by atoms with Crippen molar-refractivity contribution in [2.24, 2.45) is 5.10 Å². The Bertz CT molecular complexity index is 1260. The summed E-state index contributed by atoms with van der Waals surface area (Å²) in [5.74, 6) is -0.00130. The molecule has 0 radical (unpaired) electrons. The van der Waals surface area contributed by atoms with Gasteiger partial charge in [0.2, 0.25) is 0 Å². The minimum Gasteiger partial charge on any atom is -0.496 e. The van der Waals surface area contributed by atoms with Crippen LogP contribution < -0.4 is 14.5 Å². The van der Waals surface area contributed by atoms with Gasteiger partial charge in [0.1, 0.15) is 12.3 Å². The zero-order valence-corrected chi connectivity index (χ0v) is 20.9. The Morgan fingerprint density at radius 3 is 2.36 bits per heavy atom. The standard InChI is InChI=1S/C24H24BrN3O4S/c1-17-11-18(2)13-21(12-17)28(33(30,31)22-7-5-4-6-8-22)16-24(29)27-26-15-19-14-20(25)9-10-23(19)32-3/h4-15H,16H2,1-3H3,(H,27,29)/b26-15-. The summed E-state index contributed by atoms with van der Waals surface area (Å²) in [4.78, 5) is 12.8. The van der Waals surface area contributed by atoms with Crippen molar-refractivity contribution in [3.63, 3.8) is 0 Å². The van der Waals surface area contributed by atoms with E-state index >= 15 is 0 Å². The molecular formula is C24H24BrN3O4S. The Hall–Kier alpha value is -3.17. The van der Waals surface area contributed by atoms with Crippen molar-refractivity contribution in [3.8, 4) is 5.75 Å². The predicted molar refractivity (Wildman–Crippen MR) is 133 cm³/mol. The van der Waals surface area contributed by atoms with E-state index in [0.717, 1.165) is 19.9 Å². The lowest BCUT2D eigenvalue weighted by atomic mass is 10.1. The van der Waals surface area contributed by atoms with Gasteiger partial charge in [-0.3, -0.25) is 9.10 Å². The highest BCUT2D eigenvalue weighted by Crippen LogP contribution is 2.26. The maximum absolute atomic E-state index is 13.4. The summed E-state index contributed by atoms with van der Waals surface area (Å²) >= 11 is 3.38. The van der Waals surface area contributed by atoms with E-state index in [4.69, 9.17) is 4.74 Å². The van der Waals surface area contributed by atoms with Crippen LogP contribution in [0.25, 0.3) is 0 Å². The fourth-order valence-corrected chi connectivity index (χ4v) is 5.08. The summed E-state index contributed by atoms with van der Waals surface area (Å²) in [6, 6.07) is 18.8. The van der Waals surface area contributed by atoms with Crippen molar-refractivity contribution in [2.75, 3.05) is 18.0 Å². The lowest BCUT2D eigenvalue weighted by Gasteiger charge is -2.24. The zero-order chi connectivity index (χ0) is 24.0. The third kappa shape index (κ3) is 6.21. The molecule has 0 aromatic heterocycles. The number of halogens is 1. The van der Waals surface area contributed by atoms with Crippen LogP contribution in [0.3, 0.4) is 0 Å². The second-order valence-electron chi connectivity index (χ2n) is 7.35. The first-order valence-corrected chi connectivity index (χ1v) is 12.3. The molecule has 0 spiro atoms.